The molecule has 1 fully saturated rings. The molecule has 5 rings (SSSR count). The van der Waals surface area contributed by atoms with E-state index in [0.29, 0.717) is 12.3 Å². The lowest BCUT2D eigenvalue weighted by atomic mass is 9.96. The Kier molecular flexibility index (Phi) is 4.35. The lowest BCUT2D eigenvalue weighted by Gasteiger charge is -2.32. The number of H-pyrrole nitrogens is 1. The highest BCUT2D eigenvalue weighted by molar-refractivity contribution is 5.88. The molecule has 0 bridgehead atoms. The second-order valence-electron chi connectivity index (χ2n) is 7.75. The van der Waals surface area contributed by atoms with Crippen LogP contribution in [0.25, 0.3) is 21.9 Å². The number of nitrogens with one attached hydrogen (secondary N) is 1. The normalized spacial score (nSPS) is 15.5. The van der Waals surface area contributed by atoms with Gasteiger partial charge in [0.1, 0.15) is 0 Å². The minimum Gasteiger partial charge on any atom is -0.361 e. The van der Waals surface area contributed by atoms with Crippen LogP contribution < -0.4 is 0 Å². The van der Waals surface area contributed by atoms with Crippen LogP contribution in [0.4, 0.5) is 0 Å². The third kappa shape index (κ3) is 3.17. The Morgan fingerprint density at radius 2 is 1.86 bits per heavy atom. The van der Waals surface area contributed by atoms with E-state index in [9.17, 15) is 4.79 Å². The number of aromatic amines is 1. The van der Waals surface area contributed by atoms with Crippen LogP contribution in [0.3, 0.4) is 0 Å². The molecule has 0 radical (unpaired) electrons. The average Bonchev–Trinajstić information content (AvgIpc) is 3.33. The summed E-state index contributed by atoms with van der Waals surface area (Å²) in [5.41, 5.74) is 4.43. The van der Waals surface area contributed by atoms with E-state index in [1.807, 2.05) is 35.6 Å². The molecule has 0 unspecified atom stereocenters. The molecule has 1 N–H and O–H groups in total. The molecule has 142 valence electrons. The number of para-hydroxylation sites is 3. The number of imidazole rings is 1. The maximum absolute atomic E-state index is 12.8. The number of likely N-dealkylation sites (tertiary alicyclic amines) is 1. The van der Waals surface area contributed by atoms with Crippen molar-refractivity contribution < 1.29 is 4.79 Å². The van der Waals surface area contributed by atoms with Gasteiger partial charge in [-0.25, -0.2) is 4.98 Å². The molecule has 2 aromatic carbocycles. The zero-order valence-electron chi connectivity index (χ0n) is 15.8. The summed E-state index contributed by atoms with van der Waals surface area (Å²) in [5.74, 6) is 0.825. The van der Waals surface area contributed by atoms with E-state index in [4.69, 9.17) is 0 Å². The number of piperidine rings is 1. The first-order valence-corrected chi connectivity index (χ1v) is 10.0. The zero-order chi connectivity index (χ0) is 18.9. The van der Waals surface area contributed by atoms with Crippen molar-refractivity contribution in [2.45, 2.75) is 25.8 Å². The molecule has 3 heterocycles. The Bertz CT molecular complexity index is 1120. The van der Waals surface area contributed by atoms with Gasteiger partial charge in [-0.2, -0.15) is 0 Å². The van der Waals surface area contributed by atoms with Crippen molar-refractivity contribution in [3.05, 3.63) is 66.6 Å². The predicted octanol–water partition coefficient (Wildman–Crippen LogP) is 4.00. The van der Waals surface area contributed by atoms with Crippen molar-refractivity contribution in [2.75, 3.05) is 13.1 Å². The van der Waals surface area contributed by atoms with Crippen LogP contribution >= 0.6 is 0 Å². The summed E-state index contributed by atoms with van der Waals surface area (Å²) in [7, 11) is 0. The first kappa shape index (κ1) is 17.0. The Labute approximate surface area is 164 Å². The second kappa shape index (κ2) is 7.15. The molecule has 5 heteroatoms. The lowest BCUT2D eigenvalue weighted by Crippen LogP contribution is -2.40. The molecule has 1 amide bonds. The van der Waals surface area contributed by atoms with Gasteiger partial charge < -0.3 is 14.5 Å². The van der Waals surface area contributed by atoms with Crippen LogP contribution in [0, 0.1) is 5.92 Å². The molecule has 0 saturated carbocycles. The van der Waals surface area contributed by atoms with Gasteiger partial charge in [-0.15, -0.1) is 0 Å². The minimum absolute atomic E-state index is 0.233. The Morgan fingerprint density at radius 1 is 1.07 bits per heavy atom. The van der Waals surface area contributed by atoms with E-state index < -0.39 is 0 Å². The maximum Gasteiger partial charge on any atom is 0.227 e. The molecular weight excluding hydrogens is 348 g/mol. The lowest BCUT2D eigenvalue weighted by molar-refractivity contribution is -0.131. The highest BCUT2D eigenvalue weighted by Gasteiger charge is 2.24. The van der Waals surface area contributed by atoms with Crippen molar-refractivity contribution in [2.24, 2.45) is 5.92 Å². The Balaban J connectivity index is 1.20. The Morgan fingerprint density at radius 3 is 2.75 bits per heavy atom. The summed E-state index contributed by atoms with van der Waals surface area (Å²) in [6.07, 6.45) is 6.48. The number of hydrogen-bond acceptors (Lipinski definition) is 2. The van der Waals surface area contributed by atoms with Crippen molar-refractivity contribution in [1.29, 1.82) is 0 Å². The van der Waals surface area contributed by atoms with Gasteiger partial charge in [0.05, 0.1) is 23.8 Å². The molecule has 0 aliphatic carbocycles. The van der Waals surface area contributed by atoms with Crippen molar-refractivity contribution in [3.8, 4) is 0 Å². The summed E-state index contributed by atoms with van der Waals surface area (Å²) >= 11 is 0. The van der Waals surface area contributed by atoms with E-state index in [0.717, 1.165) is 54.5 Å². The fourth-order valence-electron chi connectivity index (χ4n) is 4.35. The number of carbonyl (C=O) groups excluding carboxylic acids is 1. The number of amides is 1. The van der Waals surface area contributed by atoms with Crippen LogP contribution in [0.1, 0.15) is 18.4 Å². The van der Waals surface area contributed by atoms with E-state index in [1.165, 1.54) is 5.52 Å². The monoisotopic (exact) mass is 372 g/mol. The van der Waals surface area contributed by atoms with E-state index >= 15 is 0 Å². The van der Waals surface area contributed by atoms with Crippen LogP contribution in [0.5, 0.6) is 0 Å². The number of rotatable bonds is 4. The standard InChI is InChI=1S/C23H24N4O/c28-23(13-18-14-24-20-6-2-1-5-19(18)20)26-11-9-17(10-12-26)15-27-16-25-21-7-3-4-8-22(21)27/h1-8,14,16-17,24H,9-13,15H2. The topological polar surface area (TPSA) is 53.9 Å². The highest BCUT2D eigenvalue weighted by Crippen LogP contribution is 2.23. The summed E-state index contributed by atoms with van der Waals surface area (Å²) in [5, 5.41) is 1.15. The predicted molar refractivity (Wildman–Crippen MR) is 111 cm³/mol. The largest absolute Gasteiger partial charge is 0.361 e. The third-order valence-corrected chi connectivity index (χ3v) is 5.97. The van der Waals surface area contributed by atoms with Crippen LogP contribution in [0.2, 0.25) is 0 Å². The van der Waals surface area contributed by atoms with Crippen LogP contribution in [0.15, 0.2) is 61.1 Å². The number of fused-ring (bicyclic) bond motifs is 2. The van der Waals surface area contributed by atoms with Gasteiger partial charge in [-0.1, -0.05) is 30.3 Å². The van der Waals surface area contributed by atoms with Crippen LogP contribution in [-0.4, -0.2) is 38.4 Å². The average molecular weight is 372 g/mol. The van der Waals surface area contributed by atoms with Gasteiger partial charge in [0, 0.05) is 36.7 Å². The first-order chi connectivity index (χ1) is 13.8. The smallest absolute Gasteiger partial charge is 0.227 e. The summed E-state index contributed by atoms with van der Waals surface area (Å²) < 4.78 is 2.25. The summed E-state index contributed by atoms with van der Waals surface area (Å²) in [4.78, 5) is 22.6. The number of carbonyl (C=O) groups is 1. The van der Waals surface area contributed by atoms with Crippen LogP contribution in [-0.2, 0) is 17.8 Å². The molecule has 2 aromatic heterocycles. The highest BCUT2D eigenvalue weighted by atomic mass is 16.2. The van der Waals surface area contributed by atoms with Crippen molar-refractivity contribution in [1.82, 2.24) is 19.4 Å². The molecule has 1 saturated heterocycles. The molecule has 28 heavy (non-hydrogen) atoms. The molecule has 0 spiro atoms. The van der Waals surface area contributed by atoms with Gasteiger partial charge in [0.15, 0.2) is 0 Å². The van der Waals surface area contributed by atoms with Gasteiger partial charge in [-0.05, 0) is 42.5 Å². The minimum atomic E-state index is 0.233. The number of hydrogen-bond donors (Lipinski definition) is 1. The second-order valence-corrected chi connectivity index (χ2v) is 7.75. The summed E-state index contributed by atoms with van der Waals surface area (Å²) in [6.45, 7) is 2.67. The van der Waals surface area contributed by atoms with Gasteiger partial charge >= 0.3 is 0 Å². The van der Waals surface area contributed by atoms with Crippen molar-refractivity contribution in [3.63, 3.8) is 0 Å². The van der Waals surface area contributed by atoms with E-state index in [-0.39, 0.29) is 5.91 Å². The molecule has 4 aromatic rings. The quantitative estimate of drug-likeness (QED) is 0.589. The van der Waals surface area contributed by atoms with Crippen molar-refractivity contribution >= 4 is 27.8 Å². The molecule has 1 aliphatic heterocycles. The zero-order valence-corrected chi connectivity index (χ0v) is 15.8. The first-order valence-electron chi connectivity index (χ1n) is 10.0. The fraction of sp³-hybridized carbons (Fsp3) is 0.304. The Hall–Kier alpha value is -3.08. The summed E-state index contributed by atoms with van der Waals surface area (Å²) in [6, 6.07) is 16.4. The number of benzene rings is 2. The molecule has 0 atom stereocenters. The van der Waals surface area contributed by atoms with E-state index in [1.54, 1.807) is 0 Å². The molecule has 1 aliphatic rings. The molecular formula is C23H24N4O. The third-order valence-electron chi connectivity index (χ3n) is 5.97. The van der Waals surface area contributed by atoms with Gasteiger partial charge in [0.25, 0.3) is 0 Å². The SMILES string of the molecule is O=C(Cc1c[nH]c2ccccc12)N1CCC(Cn2cnc3ccccc32)CC1. The maximum atomic E-state index is 12.8. The van der Waals surface area contributed by atoms with Gasteiger partial charge in [-0.3, -0.25) is 4.79 Å². The number of aromatic nitrogens is 3. The fourth-order valence-corrected chi connectivity index (χ4v) is 4.35. The van der Waals surface area contributed by atoms with E-state index in [2.05, 4.69) is 44.9 Å². The number of nitrogens with zero attached hydrogens (tertiary/aromatic N) is 3. The van der Waals surface area contributed by atoms with Gasteiger partial charge in [0.2, 0.25) is 5.91 Å². The molecule has 5 nitrogen and oxygen atoms in total.